The zero-order chi connectivity index (χ0) is 9.47. The third-order valence-corrected chi connectivity index (χ3v) is 3.18. The van der Waals surface area contributed by atoms with Crippen molar-refractivity contribution in [3.63, 3.8) is 0 Å². The highest BCUT2D eigenvalue weighted by atomic mass is 15.5. The van der Waals surface area contributed by atoms with Crippen LogP contribution in [0.4, 0.5) is 0 Å². The zero-order valence-corrected chi connectivity index (χ0v) is 8.93. The molecule has 1 saturated carbocycles. The Labute approximate surface area is 81.0 Å². The van der Waals surface area contributed by atoms with E-state index < -0.39 is 0 Å². The van der Waals surface area contributed by atoms with Crippen LogP contribution >= 0.6 is 0 Å². The summed E-state index contributed by atoms with van der Waals surface area (Å²) >= 11 is 0. The summed E-state index contributed by atoms with van der Waals surface area (Å²) in [7, 11) is 0. The van der Waals surface area contributed by atoms with Gasteiger partial charge >= 0.3 is 0 Å². The summed E-state index contributed by atoms with van der Waals surface area (Å²) in [6.07, 6.45) is 6.45. The minimum absolute atomic E-state index is 0.325. The SMILES string of the molecule is CC(C)(C)C1=CN(C2CCC2)NC1. The second kappa shape index (κ2) is 3.02. The van der Waals surface area contributed by atoms with Gasteiger partial charge in [0.2, 0.25) is 0 Å². The third kappa shape index (κ3) is 1.73. The molecule has 0 saturated heterocycles. The number of hydrogen-bond acceptors (Lipinski definition) is 2. The van der Waals surface area contributed by atoms with Gasteiger partial charge in [-0.1, -0.05) is 20.8 Å². The van der Waals surface area contributed by atoms with Crippen LogP contribution in [0.1, 0.15) is 40.0 Å². The quantitative estimate of drug-likeness (QED) is 0.666. The summed E-state index contributed by atoms with van der Waals surface area (Å²) in [6, 6.07) is 0.778. The van der Waals surface area contributed by atoms with Crippen molar-refractivity contribution >= 4 is 0 Å². The van der Waals surface area contributed by atoms with E-state index in [1.165, 1.54) is 24.8 Å². The summed E-state index contributed by atoms with van der Waals surface area (Å²) < 4.78 is 0. The van der Waals surface area contributed by atoms with Gasteiger partial charge in [0, 0.05) is 18.8 Å². The molecule has 2 nitrogen and oxygen atoms in total. The molecule has 0 aromatic carbocycles. The van der Waals surface area contributed by atoms with Gasteiger partial charge < -0.3 is 5.01 Å². The first-order valence-corrected chi connectivity index (χ1v) is 5.30. The van der Waals surface area contributed by atoms with E-state index in [0.29, 0.717) is 5.41 Å². The van der Waals surface area contributed by atoms with E-state index >= 15 is 0 Å². The van der Waals surface area contributed by atoms with E-state index in [2.05, 4.69) is 37.4 Å². The Kier molecular flexibility index (Phi) is 2.11. The van der Waals surface area contributed by atoms with Crippen LogP contribution < -0.4 is 5.43 Å². The molecule has 0 atom stereocenters. The Morgan fingerprint density at radius 2 is 2.08 bits per heavy atom. The molecule has 0 spiro atoms. The van der Waals surface area contributed by atoms with Crippen molar-refractivity contribution in [2.75, 3.05) is 6.54 Å². The normalized spacial score (nSPS) is 24.5. The summed E-state index contributed by atoms with van der Waals surface area (Å²) in [5.74, 6) is 0. The highest BCUT2D eigenvalue weighted by Crippen LogP contribution is 2.31. The van der Waals surface area contributed by atoms with Crippen LogP contribution in [0.3, 0.4) is 0 Å². The average molecular weight is 180 g/mol. The highest BCUT2D eigenvalue weighted by Gasteiger charge is 2.29. The Hall–Kier alpha value is -0.500. The summed E-state index contributed by atoms with van der Waals surface area (Å²) in [5.41, 5.74) is 5.31. The average Bonchev–Trinajstić information content (AvgIpc) is 2.29. The molecule has 0 radical (unpaired) electrons. The number of hydrogen-bond donors (Lipinski definition) is 1. The first kappa shape index (κ1) is 9.07. The maximum Gasteiger partial charge on any atom is 0.0448 e. The Morgan fingerprint density at radius 1 is 1.38 bits per heavy atom. The standard InChI is InChI=1S/C11H20N2/c1-11(2,3)9-7-12-13(8-9)10-5-4-6-10/h8,10,12H,4-7H2,1-3H3. The molecule has 2 heteroatoms. The van der Waals surface area contributed by atoms with E-state index in [1.54, 1.807) is 0 Å². The van der Waals surface area contributed by atoms with E-state index in [9.17, 15) is 0 Å². The molecular weight excluding hydrogens is 160 g/mol. The fourth-order valence-electron chi connectivity index (χ4n) is 1.79. The molecule has 1 aliphatic carbocycles. The van der Waals surface area contributed by atoms with Crippen LogP contribution in [0.25, 0.3) is 0 Å². The molecule has 0 amide bonds. The number of nitrogens with zero attached hydrogens (tertiary/aromatic N) is 1. The molecule has 74 valence electrons. The lowest BCUT2D eigenvalue weighted by Crippen LogP contribution is -2.42. The monoisotopic (exact) mass is 180 g/mol. The van der Waals surface area contributed by atoms with Gasteiger partial charge in [-0.25, -0.2) is 5.43 Å². The molecule has 1 heterocycles. The largest absolute Gasteiger partial charge is 0.312 e. The third-order valence-electron chi connectivity index (χ3n) is 3.18. The molecule has 0 aromatic heterocycles. The molecule has 2 rings (SSSR count). The van der Waals surface area contributed by atoms with E-state index in [4.69, 9.17) is 0 Å². The van der Waals surface area contributed by atoms with E-state index in [1.807, 2.05) is 0 Å². The van der Waals surface area contributed by atoms with Crippen molar-refractivity contribution in [2.24, 2.45) is 5.41 Å². The van der Waals surface area contributed by atoms with Crippen molar-refractivity contribution in [1.82, 2.24) is 10.4 Å². The van der Waals surface area contributed by atoms with Gasteiger partial charge in [0.1, 0.15) is 0 Å². The number of rotatable bonds is 1. The zero-order valence-electron chi connectivity index (χ0n) is 8.93. The molecule has 1 N–H and O–H groups in total. The Balaban J connectivity index is 2.00. The number of nitrogens with one attached hydrogen (secondary N) is 1. The second-order valence-electron chi connectivity index (χ2n) is 5.23. The predicted molar refractivity (Wildman–Crippen MR) is 55.0 cm³/mol. The van der Waals surface area contributed by atoms with Gasteiger partial charge in [-0.2, -0.15) is 0 Å². The van der Waals surface area contributed by atoms with Crippen LogP contribution in [0.2, 0.25) is 0 Å². The maximum atomic E-state index is 3.46. The van der Waals surface area contributed by atoms with Gasteiger partial charge in [0.25, 0.3) is 0 Å². The van der Waals surface area contributed by atoms with Crippen molar-refractivity contribution in [3.8, 4) is 0 Å². The van der Waals surface area contributed by atoms with Crippen LogP contribution in [0, 0.1) is 5.41 Å². The van der Waals surface area contributed by atoms with Gasteiger partial charge in [-0.3, -0.25) is 0 Å². The fourth-order valence-corrected chi connectivity index (χ4v) is 1.79. The molecular formula is C11H20N2. The summed E-state index contributed by atoms with van der Waals surface area (Å²) in [4.78, 5) is 0. The second-order valence-corrected chi connectivity index (χ2v) is 5.23. The van der Waals surface area contributed by atoms with E-state index in [0.717, 1.165) is 12.6 Å². The summed E-state index contributed by atoms with van der Waals surface area (Å²) in [5, 5.41) is 2.32. The highest BCUT2D eigenvalue weighted by molar-refractivity contribution is 5.16. The Morgan fingerprint density at radius 3 is 2.46 bits per heavy atom. The first-order valence-electron chi connectivity index (χ1n) is 5.30. The lowest BCUT2D eigenvalue weighted by Gasteiger charge is -2.34. The van der Waals surface area contributed by atoms with Crippen molar-refractivity contribution in [2.45, 2.75) is 46.1 Å². The topological polar surface area (TPSA) is 15.3 Å². The first-order chi connectivity index (χ1) is 6.07. The van der Waals surface area contributed by atoms with Crippen LogP contribution in [-0.2, 0) is 0 Å². The van der Waals surface area contributed by atoms with E-state index in [-0.39, 0.29) is 0 Å². The lowest BCUT2D eigenvalue weighted by atomic mass is 9.87. The molecule has 1 fully saturated rings. The maximum absolute atomic E-state index is 3.46. The minimum Gasteiger partial charge on any atom is -0.312 e. The van der Waals surface area contributed by atoms with Crippen LogP contribution in [0.15, 0.2) is 11.8 Å². The van der Waals surface area contributed by atoms with Gasteiger partial charge in [0.15, 0.2) is 0 Å². The molecule has 0 aromatic rings. The number of hydrazine groups is 1. The van der Waals surface area contributed by atoms with Gasteiger partial charge in [0.05, 0.1) is 0 Å². The molecule has 13 heavy (non-hydrogen) atoms. The van der Waals surface area contributed by atoms with Crippen molar-refractivity contribution in [1.29, 1.82) is 0 Å². The lowest BCUT2D eigenvalue weighted by molar-refractivity contribution is 0.145. The molecule has 2 aliphatic rings. The molecule has 1 aliphatic heterocycles. The summed E-state index contributed by atoms with van der Waals surface area (Å²) in [6.45, 7) is 7.89. The minimum atomic E-state index is 0.325. The van der Waals surface area contributed by atoms with Crippen molar-refractivity contribution < 1.29 is 0 Å². The van der Waals surface area contributed by atoms with Crippen LogP contribution in [-0.4, -0.2) is 17.6 Å². The predicted octanol–water partition coefficient (Wildman–Crippen LogP) is 2.29. The molecule has 0 unspecified atom stereocenters. The van der Waals surface area contributed by atoms with Crippen LogP contribution in [0.5, 0.6) is 0 Å². The smallest absolute Gasteiger partial charge is 0.0448 e. The molecule has 0 bridgehead atoms. The van der Waals surface area contributed by atoms with Gasteiger partial charge in [-0.05, 0) is 30.3 Å². The fraction of sp³-hybridized carbons (Fsp3) is 0.818. The van der Waals surface area contributed by atoms with Crippen molar-refractivity contribution in [3.05, 3.63) is 11.8 Å². The Bertz CT molecular complexity index is 221. The van der Waals surface area contributed by atoms with Gasteiger partial charge in [-0.15, -0.1) is 0 Å².